The van der Waals surface area contributed by atoms with Gasteiger partial charge in [-0.3, -0.25) is 9.59 Å². The Balaban J connectivity index is 0.000000472. The van der Waals surface area contributed by atoms with Crippen LogP contribution in [0.4, 0.5) is 0 Å². The number of carboxylic acids is 1. The Morgan fingerprint density at radius 2 is 1.69 bits per heavy atom. The van der Waals surface area contributed by atoms with Crippen molar-refractivity contribution in [2.24, 2.45) is 0 Å². The lowest BCUT2D eigenvalue weighted by Crippen LogP contribution is -2.30. The summed E-state index contributed by atoms with van der Waals surface area (Å²) in [7, 11) is 0. The third-order valence-corrected chi connectivity index (χ3v) is 3.85. The molecule has 0 aliphatic carbocycles. The van der Waals surface area contributed by atoms with Crippen LogP contribution >= 0.6 is 0 Å². The SMILES string of the molecule is C1COCCN1.O=C(O)CCCCCCCNC(=O)c1ccccc1O. The number of aliphatic carboxylic acids is 1. The minimum Gasteiger partial charge on any atom is -0.507 e. The molecule has 7 heteroatoms. The van der Waals surface area contributed by atoms with Crippen molar-refractivity contribution < 1.29 is 24.5 Å². The second-order valence-corrected chi connectivity index (χ2v) is 6.05. The van der Waals surface area contributed by atoms with Crippen LogP contribution in [0.25, 0.3) is 0 Å². The van der Waals surface area contributed by atoms with E-state index in [1.165, 1.54) is 6.07 Å². The fourth-order valence-corrected chi connectivity index (χ4v) is 2.41. The molecule has 1 amide bonds. The molecule has 0 unspecified atom stereocenters. The molecule has 0 bridgehead atoms. The van der Waals surface area contributed by atoms with Gasteiger partial charge in [-0.1, -0.05) is 31.4 Å². The number of para-hydroxylation sites is 1. The van der Waals surface area contributed by atoms with Gasteiger partial charge in [0, 0.05) is 26.1 Å². The number of aromatic hydroxyl groups is 1. The van der Waals surface area contributed by atoms with E-state index in [0.717, 1.165) is 52.0 Å². The second kappa shape index (κ2) is 14.1. The second-order valence-electron chi connectivity index (χ2n) is 6.05. The van der Waals surface area contributed by atoms with E-state index in [1.54, 1.807) is 18.2 Å². The molecular weight excluding hydrogens is 336 g/mol. The van der Waals surface area contributed by atoms with Gasteiger partial charge in [-0.15, -0.1) is 0 Å². The highest BCUT2D eigenvalue weighted by atomic mass is 16.5. The van der Waals surface area contributed by atoms with Crippen molar-refractivity contribution in [3.63, 3.8) is 0 Å². The first kappa shape index (κ1) is 21.9. The molecule has 2 rings (SSSR count). The summed E-state index contributed by atoms with van der Waals surface area (Å²) in [6.45, 7) is 4.39. The van der Waals surface area contributed by atoms with E-state index in [-0.39, 0.29) is 23.6 Å². The minimum atomic E-state index is -0.750. The quantitative estimate of drug-likeness (QED) is 0.499. The Kier molecular flexibility index (Phi) is 11.9. The molecule has 1 heterocycles. The van der Waals surface area contributed by atoms with Crippen LogP contribution in [0.3, 0.4) is 0 Å². The first-order chi connectivity index (χ1) is 12.6. The molecule has 1 aliphatic rings. The topological polar surface area (TPSA) is 108 Å². The van der Waals surface area contributed by atoms with Crippen LogP contribution in [0.2, 0.25) is 0 Å². The van der Waals surface area contributed by atoms with E-state index in [2.05, 4.69) is 10.6 Å². The number of carbonyl (C=O) groups excluding carboxylic acids is 1. The van der Waals surface area contributed by atoms with Crippen molar-refractivity contribution >= 4 is 11.9 Å². The van der Waals surface area contributed by atoms with Crippen LogP contribution in [-0.2, 0) is 9.53 Å². The van der Waals surface area contributed by atoms with Gasteiger partial charge in [0.2, 0.25) is 0 Å². The van der Waals surface area contributed by atoms with E-state index in [4.69, 9.17) is 9.84 Å². The Labute approximate surface area is 154 Å². The summed E-state index contributed by atoms with van der Waals surface area (Å²) in [5, 5.41) is 23.9. The molecule has 0 aromatic heterocycles. The van der Waals surface area contributed by atoms with Gasteiger partial charge in [-0.2, -0.15) is 0 Å². The molecule has 0 saturated carbocycles. The maximum Gasteiger partial charge on any atom is 0.303 e. The highest BCUT2D eigenvalue weighted by Crippen LogP contribution is 2.15. The summed E-state index contributed by atoms with van der Waals surface area (Å²) >= 11 is 0. The van der Waals surface area contributed by atoms with Crippen LogP contribution in [0.5, 0.6) is 5.75 Å². The van der Waals surface area contributed by atoms with Gasteiger partial charge >= 0.3 is 5.97 Å². The number of hydrogen-bond donors (Lipinski definition) is 4. The Morgan fingerprint density at radius 1 is 1.04 bits per heavy atom. The molecule has 0 spiro atoms. The van der Waals surface area contributed by atoms with Gasteiger partial charge in [0.25, 0.3) is 5.91 Å². The van der Waals surface area contributed by atoms with Crippen LogP contribution in [0.1, 0.15) is 48.9 Å². The zero-order valence-electron chi connectivity index (χ0n) is 15.2. The van der Waals surface area contributed by atoms with Crippen LogP contribution in [0, 0.1) is 0 Å². The smallest absolute Gasteiger partial charge is 0.303 e. The first-order valence-electron chi connectivity index (χ1n) is 9.17. The van der Waals surface area contributed by atoms with Crippen LogP contribution in [-0.4, -0.2) is 54.9 Å². The average Bonchev–Trinajstić information content (AvgIpc) is 2.66. The first-order valence-corrected chi connectivity index (χ1v) is 9.17. The zero-order valence-corrected chi connectivity index (χ0v) is 15.2. The highest BCUT2D eigenvalue weighted by molar-refractivity contribution is 5.96. The van der Waals surface area contributed by atoms with Gasteiger partial charge in [0.1, 0.15) is 5.75 Å². The molecule has 1 fully saturated rings. The summed E-state index contributed by atoms with van der Waals surface area (Å²) < 4.78 is 5.01. The molecule has 1 saturated heterocycles. The molecule has 26 heavy (non-hydrogen) atoms. The summed E-state index contributed by atoms with van der Waals surface area (Å²) in [5.74, 6) is -1.03. The van der Waals surface area contributed by atoms with Crippen LogP contribution < -0.4 is 10.6 Å². The normalized spacial score (nSPS) is 13.4. The van der Waals surface area contributed by atoms with E-state index in [9.17, 15) is 14.7 Å². The van der Waals surface area contributed by atoms with E-state index in [1.807, 2.05) is 0 Å². The fraction of sp³-hybridized carbons (Fsp3) is 0.579. The Morgan fingerprint density at radius 3 is 2.27 bits per heavy atom. The van der Waals surface area contributed by atoms with Crippen molar-refractivity contribution in [3.05, 3.63) is 29.8 Å². The molecule has 0 radical (unpaired) electrons. The number of rotatable bonds is 9. The lowest BCUT2D eigenvalue weighted by Gasteiger charge is -2.10. The number of nitrogens with one attached hydrogen (secondary N) is 2. The highest BCUT2D eigenvalue weighted by Gasteiger charge is 2.08. The maximum absolute atomic E-state index is 11.7. The number of amides is 1. The molecule has 4 N–H and O–H groups in total. The fourth-order valence-electron chi connectivity index (χ4n) is 2.41. The van der Waals surface area contributed by atoms with Crippen molar-refractivity contribution in [1.29, 1.82) is 0 Å². The summed E-state index contributed by atoms with van der Waals surface area (Å²) in [5.41, 5.74) is 0.286. The van der Waals surface area contributed by atoms with Gasteiger partial charge in [0.15, 0.2) is 0 Å². The largest absolute Gasteiger partial charge is 0.507 e. The van der Waals surface area contributed by atoms with Crippen molar-refractivity contribution in [1.82, 2.24) is 10.6 Å². The molecule has 146 valence electrons. The van der Waals surface area contributed by atoms with Crippen molar-refractivity contribution in [3.8, 4) is 5.75 Å². The van der Waals surface area contributed by atoms with Crippen LogP contribution in [0.15, 0.2) is 24.3 Å². The minimum absolute atomic E-state index is 0.0151. The molecule has 1 aromatic carbocycles. The Hall–Kier alpha value is -2.12. The predicted octanol–water partition coefficient (Wildman–Crippen LogP) is 2.15. The third kappa shape index (κ3) is 10.7. The summed E-state index contributed by atoms with van der Waals surface area (Å²) in [6.07, 6.45) is 4.62. The Bertz CT molecular complexity index is 521. The van der Waals surface area contributed by atoms with Gasteiger partial charge in [-0.25, -0.2) is 0 Å². The number of morpholine rings is 1. The number of hydrogen-bond acceptors (Lipinski definition) is 5. The number of phenolic OH excluding ortho intramolecular Hbond substituents is 1. The monoisotopic (exact) mass is 366 g/mol. The summed E-state index contributed by atoms with van der Waals surface area (Å²) in [6, 6.07) is 6.44. The number of carbonyl (C=O) groups is 2. The maximum atomic E-state index is 11.7. The predicted molar refractivity (Wildman–Crippen MR) is 99.5 cm³/mol. The lowest BCUT2D eigenvalue weighted by molar-refractivity contribution is -0.137. The number of unbranched alkanes of at least 4 members (excludes halogenated alkanes) is 4. The van der Waals surface area contributed by atoms with E-state index >= 15 is 0 Å². The number of benzene rings is 1. The molecular formula is C19H30N2O5. The molecule has 0 atom stereocenters. The van der Waals surface area contributed by atoms with E-state index < -0.39 is 5.97 Å². The average molecular weight is 366 g/mol. The number of carboxylic acid groups (broad SMARTS) is 1. The van der Waals surface area contributed by atoms with E-state index in [0.29, 0.717) is 13.0 Å². The zero-order chi connectivity index (χ0) is 19.0. The molecule has 1 aromatic rings. The molecule has 7 nitrogen and oxygen atoms in total. The van der Waals surface area contributed by atoms with Gasteiger partial charge in [0.05, 0.1) is 18.8 Å². The lowest BCUT2D eigenvalue weighted by atomic mass is 10.1. The van der Waals surface area contributed by atoms with Gasteiger partial charge in [-0.05, 0) is 25.0 Å². The van der Waals surface area contributed by atoms with Crippen molar-refractivity contribution in [2.45, 2.75) is 38.5 Å². The standard InChI is InChI=1S/C15H21NO4.C4H9NO/c17-13-9-6-5-8-12(13)15(20)16-11-7-3-1-2-4-10-14(18)19;1-3-6-4-2-5-1/h5-6,8-9,17H,1-4,7,10-11H2,(H,16,20)(H,18,19);5H,1-4H2. The van der Waals surface area contributed by atoms with Gasteiger partial charge < -0.3 is 25.6 Å². The number of ether oxygens (including phenoxy) is 1. The number of phenols is 1. The third-order valence-electron chi connectivity index (χ3n) is 3.85. The molecule has 1 aliphatic heterocycles. The van der Waals surface area contributed by atoms with Crippen molar-refractivity contribution in [2.75, 3.05) is 32.8 Å². The summed E-state index contributed by atoms with van der Waals surface area (Å²) in [4.78, 5) is 22.0.